The normalized spacial score (nSPS) is 10.5. The molecule has 4 N–H and O–H groups in total. The number of nitrogens with two attached hydrogens (primary N) is 1. The van der Waals surface area contributed by atoms with Crippen LogP contribution in [-0.2, 0) is 11.5 Å². The highest BCUT2D eigenvalue weighted by molar-refractivity contribution is 8.93. The van der Waals surface area contributed by atoms with Gasteiger partial charge in [-0.1, -0.05) is 71.7 Å². The van der Waals surface area contributed by atoms with Gasteiger partial charge in [-0.2, -0.15) is 0 Å². The molecule has 148 valence electrons. The number of nitrogens with zero attached hydrogens (tertiary/aromatic N) is 1. The van der Waals surface area contributed by atoms with Crippen LogP contribution in [0.1, 0.15) is 11.1 Å². The van der Waals surface area contributed by atoms with Gasteiger partial charge < -0.3 is 11.1 Å². The third kappa shape index (κ3) is 8.95. The van der Waals surface area contributed by atoms with Crippen molar-refractivity contribution < 1.29 is 0 Å². The molecule has 0 aromatic heterocycles. The maximum absolute atomic E-state index is 7.74. The van der Waals surface area contributed by atoms with Gasteiger partial charge in [-0.25, -0.2) is 0 Å². The van der Waals surface area contributed by atoms with Crippen molar-refractivity contribution in [1.82, 2.24) is 5.32 Å². The molecule has 2 rings (SSSR count). The number of hydrogen-bond acceptors (Lipinski definition) is 5. The van der Waals surface area contributed by atoms with Gasteiger partial charge >= 0.3 is 0 Å². The number of benzene rings is 2. The van der Waals surface area contributed by atoms with Gasteiger partial charge in [0.05, 0.1) is 0 Å². The van der Waals surface area contributed by atoms with Gasteiger partial charge in [-0.3, -0.25) is 10.4 Å². The highest BCUT2D eigenvalue weighted by Gasteiger charge is 2.09. The lowest BCUT2D eigenvalue weighted by Crippen LogP contribution is -2.12. The van der Waals surface area contributed by atoms with Gasteiger partial charge in [0.25, 0.3) is 0 Å². The molecule has 9 heteroatoms. The second-order valence-corrected chi connectivity index (χ2v) is 8.10. The smallest absolute Gasteiger partial charge is 0.153 e. The number of amidine groups is 2. The third-order valence-electron chi connectivity index (χ3n) is 3.36. The highest BCUT2D eigenvalue weighted by Crippen LogP contribution is 2.35. The van der Waals surface area contributed by atoms with E-state index in [-0.39, 0.29) is 34.0 Å². The summed E-state index contributed by atoms with van der Waals surface area (Å²) in [6, 6.07) is 16.7. The molecule has 0 aliphatic rings. The molecule has 0 spiro atoms. The number of aliphatic imine (C=N–C) groups is 1. The first-order valence-corrected chi connectivity index (χ1v) is 10.5. The quantitative estimate of drug-likeness (QED) is 0.324. The average molecular weight is 552 g/mol. The lowest BCUT2D eigenvalue weighted by molar-refractivity contribution is 1.17. The van der Waals surface area contributed by atoms with Crippen molar-refractivity contribution in [3.63, 3.8) is 0 Å². The Morgan fingerprint density at radius 3 is 1.93 bits per heavy atom. The van der Waals surface area contributed by atoms with Crippen molar-refractivity contribution in [1.29, 1.82) is 5.41 Å². The maximum Gasteiger partial charge on any atom is 0.153 e. The van der Waals surface area contributed by atoms with Crippen molar-refractivity contribution in [2.24, 2.45) is 10.7 Å². The van der Waals surface area contributed by atoms with Gasteiger partial charge in [-0.05, 0) is 23.3 Å². The predicted molar refractivity (Wildman–Crippen MR) is 135 cm³/mol. The van der Waals surface area contributed by atoms with Crippen LogP contribution < -0.4 is 11.1 Å². The summed E-state index contributed by atoms with van der Waals surface area (Å²) >= 11 is 4.81. The number of rotatable bonds is 6. The summed E-state index contributed by atoms with van der Waals surface area (Å²) in [5.41, 5.74) is 8.28. The zero-order valence-electron chi connectivity index (χ0n) is 15.1. The molecular weight excluding hydrogens is 528 g/mol. The van der Waals surface area contributed by atoms with Crippen molar-refractivity contribution in [2.75, 3.05) is 14.1 Å². The van der Waals surface area contributed by atoms with Crippen molar-refractivity contribution in [2.45, 2.75) is 21.3 Å². The Labute approximate surface area is 195 Å². The summed E-state index contributed by atoms with van der Waals surface area (Å²) < 4.78 is 0. The third-order valence-corrected chi connectivity index (χ3v) is 6.48. The monoisotopic (exact) mass is 550 g/mol. The fourth-order valence-electron chi connectivity index (χ4n) is 2.00. The molecule has 27 heavy (non-hydrogen) atoms. The van der Waals surface area contributed by atoms with Crippen LogP contribution in [0.4, 0.5) is 0 Å². The van der Waals surface area contributed by atoms with Crippen LogP contribution in [0.25, 0.3) is 0 Å². The summed E-state index contributed by atoms with van der Waals surface area (Å²) in [6.45, 7) is 0. The first-order chi connectivity index (χ1) is 12.1. The topological polar surface area (TPSA) is 74.3 Å². The zero-order chi connectivity index (χ0) is 18.1. The summed E-state index contributed by atoms with van der Waals surface area (Å²) in [6.07, 6.45) is 0. The Kier molecular flexibility index (Phi) is 14.1. The van der Waals surface area contributed by atoms with Crippen LogP contribution in [0, 0.1) is 5.41 Å². The zero-order valence-corrected chi connectivity index (χ0v) is 21.0. The van der Waals surface area contributed by atoms with Gasteiger partial charge in [0.15, 0.2) is 10.3 Å². The second-order valence-electron chi connectivity index (χ2n) is 5.04. The van der Waals surface area contributed by atoms with Gasteiger partial charge in [0.2, 0.25) is 0 Å². The molecule has 0 aliphatic heterocycles. The Balaban J connectivity index is 0.00000338. The molecule has 0 atom stereocenters. The minimum Gasteiger partial charge on any atom is -0.379 e. The standard InChI is InChI=1S/C18H22N4S3.2BrH/c1-21-17(19)23-11-13-7-3-5-9-15(13)25-16-10-6-4-8-14(16)12-24-18(20)22-2;;/h3-10H,11-12H2,1-2H3,(H2,19,21)(H2,20,22);2*1H. The van der Waals surface area contributed by atoms with Crippen molar-refractivity contribution >= 4 is 79.6 Å². The number of hydrogen-bond donors (Lipinski definition) is 3. The molecule has 0 unspecified atom stereocenters. The molecular formula is C18H24Br2N4S3. The van der Waals surface area contributed by atoms with Crippen LogP contribution in [-0.4, -0.2) is 24.4 Å². The molecule has 0 saturated heterocycles. The van der Waals surface area contributed by atoms with Crippen LogP contribution in [0.2, 0.25) is 0 Å². The van der Waals surface area contributed by atoms with E-state index in [2.05, 4.69) is 52.8 Å². The predicted octanol–water partition coefficient (Wildman–Crippen LogP) is 5.56. The van der Waals surface area contributed by atoms with Crippen molar-refractivity contribution in [3.05, 3.63) is 59.7 Å². The second kappa shape index (κ2) is 14.4. The Hall–Kier alpha value is -0.610. The average Bonchev–Trinajstić information content (AvgIpc) is 2.66. The van der Waals surface area contributed by atoms with Crippen LogP contribution >= 0.6 is 69.2 Å². The van der Waals surface area contributed by atoms with E-state index in [1.165, 1.54) is 32.7 Å². The van der Waals surface area contributed by atoms with Crippen LogP contribution in [0.5, 0.6) is 0 Å². The van der Waals surface area contributed by atoms with Gasteiger partial charge in [0.1, 0.15) is 0 Å². The summed E-state index contributed by atoms with van der Waals surface area (Å²) in [5.74, 6) is 1.57. The van der Waals surface area contributed by atoms with E-state index in [1.807, 2.05) is 6.07 Å². The van der Waals surface area contributed by atoms with Crippen LogP contribution in [0.3, 0.4) is 0 Å². The van der Waals surface area contributed by atoms with E-state index in [4.69, 9.17) is 11.1 Å². The van der Waals surface area contributed by atoms with E-state index in [0.717, 1.165) is 11.5 Å². The van der Waals surface area contributed by atoms with E-state index in [1.54, 1.807) is 37.6 Å². The van der Waals surface area contributed by atoms with Crippen molar-refractivity contribution in [3.8, 4) is 0 Å². The fraction of sp³-hybridized carbons (Fsp3) is 0.222. The molecule has 4 nitrogen and oxygen atoms in total. The fourth-order valence-corrected chi connectivity index (χ4v) is 4.64. The molecule has 2 aromatic carbocycles. The lowest BCUT2D eigenvalue weighted by atomic mass is 10.2. The molecule has 0 radical (unpaired) electrons. The highest BCUT2D eigenvalue weighted by atomic mass is 79.9. The number of nitrogens with one attached hydrogen (secondary N) is 2. The van der Waals surface area contributed by atoms with Crippen LogP contribution in [0.15, 0.2) is 63.3 Å². The molecule has 0 saturated carbocycles. The Morgan fingerprint density at radius 1 is 0.963 bits per heavy atom. The van der Waals surface area contributed by atoms with Gasteiger partial charge in [-0.15, -0.1) is 34.0 Å². The molecule has 0 fully saturated rings. The Bertz CT molecular complexity index is 757. The number of halogens is 2. The lowest BCUT2D eigenvalue weighted by Gasteiger charge is -2.12. The maximum atomic E-state index is 7.74. The summed E-state index contributed by atoms with van der Waals surface area (Å²) in [5, 5.41) is 11.7. The largest absolute Gasteiger partial charge is 0.379 e. The van der Waals surface area contributed by atoms with E-state index >= 15 is 0 Å². The van der Waals surface area contributed by atoms with E-state index in [9.17, 15) is 0 Å². The van der Waals surface area contributed by atoms with E-state index < -0.39 is 0 Å². The molecule has 2 aromatic rings. The molecule has 0 heterocycles. The van der Waals surface area contributed by atoms with E-state index in [0.29, 0.717) is 10.3 Å². The summed E-state index contributed by atoms with van der Waals surface area (Å²) in [4.78, 5) is 6.44. The molecule has 0 amide bonds. The first kappa shape index (κ1) is 26.4. The minimum absolute atomic E-state index is 0. The number of thioether (sulfide) groups is 2. The summed E-state index contributed by atoms with van der Waals surface area (Å²) in [7, 11) is 3.48. The Morgan fingerprint density at radius 2 is 1.44 bits per heavy atom. The van der Waals surface area contributed by atoms with Gasteiger partial charge in [0, 0.05) is 35.4 Å². The first-order valence-electron chi connectivity index (χ1n) is 7.72. The molecule has 0 bridgehead atoms. The SMILES string of the molecule is Br.Br.CN=C(N)SCc1ccccc1Sc1ccccc1CSC(=N)NC. The minimum atomic E-state index is 0. The molecule has 0 aliphatic carbocycles.